The first-order valence-corrected chi connectivity index (χ1v) is 12.7. The fourth-order valence-corrected chi connectivity index (χ4v) is 5.75. The van der Waals surface area contributed by atoms with Gasteiger partial charge in [-0.05, 0) is 25.5 Å². The van der Waals surface area contributed by atoms with Crippen LogP contribution in [0.1, 0.15) is 25.6 Å². The quantitative estimate of drug-likeness (QED) is 0.304. The van der Waals surface area contributed by atoms with Crippen LogP contribution in [-0.4, -0.2) is 70.4 Å². The minimum absolute atomic E-state index is 0.135. The van der Waals surface area contributed by atoms with Gasteiger partial charge in [-0.3, -0.25) is 9.11 Å². The molecule has 3 aromatic rings. The first-order chi connectivity index (χ1) is 15.3. The van der Waals surface area contributed by atoms with Gasteiger partial charge in [0, 0.05) is 18.5 Å². The maximum absolute atomic E-state index is 11.6. The Morgan fingerprint density at radius 2 is 2.03 bits per heavy atom. The molecule has 174 valence electrons. The third-order valence-electron chi connectivity index (χ3n) is 5.86. The van der Waals surface area contributed by atoms with E-state index in [1.807, 2.05) is 31.2 Å². The third-order valence-corrected chi connectivity index (χ3v) is 7.70. The molecule has 1 aromatic carbocycles. The molecule has 10 nitrogen and oxygen atoms in total. The van der Waals surface area contributed by atoms with E-state index in [2.05, 4.69) is 14.9 Å². The Morgan fingerprint density at radius 1 is 1.28 bits per heavy atom. The number of aromatic nitrogens is 3. The molecule has 1 amide bonds. The van der Waals surface area contributed by atoms with Gasteiger partial charge in [-0.2, -0.15) is 10.6 Å². The fraction of sp³-hybridized carbons (Fsp3) is 0.476. The van der Waals surface area contributed by atoms with Crippen LogP contribution in [0.25, 0.3) is 21.9 Å². The second kappa shape index (κ2) is 9.10. The molecule has 2 aromatic heterocycles. The Hall–Kier alpha value is -2.60. The number of rotatable bonds is 9. The van der Waals surface area contributed by atoms with Crippen molar-refractivity contribution in [1.82, 2.24) is 24.8 Å². The Morgan fingerprint density at radius 3 is 2.72 bits per heavy atom. The van der Waals surface area contributed by atoms with E-state index in [1.54, 1.807) is 0 Å². The molecule has 3 heterocycles. The summed E-state index contributed by atoms with van der Waals surface area (Å²) in [7, 11) is -2.58. The van der Waals surface area contributed by atoms with Gasteiger partial charge < -0.3 is 25.6 Å². The average Bonchev–Trinajstić information content (AvgIpc) is 3.09. The molecule has 6 N–H and O–H groups in total. The van der Waals surface area contributed by atoms with Gasteiger partial charge in [0.25, 0.3) is 0 Å². The number of nitrogen functional groups attached to an aromatic ring is 1. The number of nitrogens with zero attached hydrogens (tertiary/aromatic N) is 4. The number of nitrogens with two attached hydrogens (primary N) is 1. The normalized spacial score (nSPS) is 16.8. The van der Waals surface area contributed by atoms with Crippen molar-refractivity contribution in [3.05, 3.63) is 30.1 Å². The van der Waals surface area contributed by atoms with Crippen LogP contribution in [0.4, 0.5) is 10.6 Å². The van der Waals surface area contributed by atoms with Crippen molar-refractivity contribution in [1.29, 1.82) is 0 Å². The number of aryl methyl sites for hydroxylation is 1. The topological polar surface area (TPSA) is 150 Å². The molecule has 0 atom stereocenters. The van der Waals surface area contributed by atoms with Crippen LogP contribution in [0, 0.1) is 0 Å². The van der Waals surface area contributed by atoms with Crippen molar-refractivity contribution in [2.75, 3.05) is 30.3 Å². The summed E-state index contributed by atoms with van der Waals surface area (Å²) in [5.41, 5.74) is 8.67. The van der Waals surface area contributed by atoms with E-state index < -0.39 is 16.7 Å². The summed E-state index contributed by atoms with van der Waals surface area (Å²) in [6.07, 6.45) is 0.380. The SMILES string of the molecule is CCNCc1nc2c(N)nc3ccccc3c2n1CCCCN(C(=O)O)C1CS(O)(O)C1. The number of fused-ring (bicyclic) bond motifs is 3. The Balaban J connectivity index is 1.54. The van der Waals surface area contributed by atoms with Gasteiger partial charge in [-0.1, -0.05) is 25.1 Å². The number of unbranched alkanes of at least 4 members (excludes halogenated alkanes) is 1. The fourth-order valence-electron chi connectivity index (χ4n) is 4.25. The van der Waals surface area contributed by atoms with Crippen molar-refractivity contribution in [2.24, 2.45) is 0 Å². The number of nitrogens with one attached hydrogen (secondary N) is 1. The number of hydrogen-bond acceptors (Lipinski definition) is 7. The summed E-state index contributed by atoms with van der Waals surface area (Å²) >= 11 is 0. The van der Waals surface area contributed by atoms with Crippen molar-refractivity contribution < 1.29 is 19.0 Å². The van der Waals surface area contributed by atoms with Crippen LogP contribution in [0.2, 0.25) is 0 Å². The molecule has 0 spiro atoms. The molecule has 1 fully saturated rings. The highest BCUT2D eigenvalue weighted by molar-refractivity contribution is 8.25. The molecular formula is C21H30N6O4S. The molecule has 0 bridgehead atoms. The number of benzene rings is 1. The Bertz CT molecular complexity index is 1130. The lowest BCUT2D eigenvalue weighted by atomic mass is 10.2. The van der Waals surface area contributed by atoms with Crippen LogP contribution >= 0.6 is 10.6 Å². The predicted molar refractivity (Wildman–Crippen MR) is 127 cm³/mol. The van der Waals surface area contributed by atoms with Crippen LogP contribution in [-0.2, 0) is 13.1 Å². The van der Waals surface area contributed by atoms with Crippen molar-refractivity contribution in [2.45, 2.75) is 38.9 Å². The van der Waals surface area contributed by atoms with Gasteiger partial charge in [0.15, 0.2) is 5.82 Å². The number of imidazole rings is 1. The maximum atomic E-state index is 11.6. The standard InChI is InChI=1S/C21H30N6O4S/c1-2-23-11-17-25-18-19(15-7-3-4-8-16(15)24-20(18)22)27(17)10-6-5-9-26(21(28)29)14-12-32(30,31)13-14/h3-4,7-8,14,23,30-31H,2,5-6,9-13H2,1H3,(H2,22,24)(H,28,29). The van der Waals surface area contributed by atoms with Gasteiger partial charge in [-0.15, -0.1) is 0 Å². The number of pyridine rings is 1. The second-order valence-electron chi connectivity index (χ2n) is 8.14. The number of amides is 1. The monoisotopic (exact) mass is 462 g/mol. The lowest BCUT2D eigenvalue weighted by Gasteiger charge is -2.50. The zero-order valence-corrected chi connectivity index (χ0v) is 18.9. The second-order valence-corrected chi connectivity index (χ2v) is 10.4. The summed E-state index contributed by atoms with van der Waals surface area (Å²) in [4.78, 5) is 22.2. The van der Waals surface area contributed by atoms with Gasteiger partial charge in [0.2, 0.25) is 0 Å². The highest BCUT2D eigenvalue weighted by Crippen LogP contribution is 2.50. The van der Waals surface area contributed by atoms with E-state index >= 15 is 0 Å². The highest BCUT2D eigenvalue weighted by Gasteiger charge is 2.39. The molecule has 1 aliphatic rings. The van der Waals surface area contributed by atoms with Gasteiger partial charge >= 0.3 is 6.09 Å². The van der Waals surface area contributed by atoms with E-state index in [9.17, 15) is 19.0 Å². The first-order valence-electron chi connectivity index (χ1n) is 10.8. The lowest BCUT2D eigenvalue weighted by molar-refractivity contribution is 0.127. The number of para-hydroxylation sites is 1. The molecule has 0 saturated carbocycles. The largest absolute Gasteiger partial charge is 0.465 e. The van der Waals surface area contributed by atoms with E-state index in [-0.39, 0.29) is 17.5 Å². The zero-order chi connectivity index (χ0) is 22.9. The first kappa shape index (κ1) is 22.6. The summed E-state index contributed by atoms with van der Waals surface area (Å²) in [5.74, 6) is 1.54. The number of carbonyl (C=O) groups is 1. The molecule has 4 rings (SSSR count). The third kappa shape index (κ3) is 4.46. The molecular weight excluding hydrogens is 432 g/mol. The van der Waals surface area contributed by atoms with Crippen LogP contribution in [0.5, 0.6) is 0 Å². The van der Waals surface area contributed by atoms with E-state index in [0.29, 0.717) is 37.4 Å². The zero-order valence-electron chi connectivity index (χ0n) is 18.1. The van der Waals surface area contributed by atoms with E-state index in [0.717, 1.165) is 35.2 Å². The number of anilines is 1. The number of hydrogen-bond donors (Lipinski definition) is 5. The smallest absolute Gasteiger partial charge is 0.407 e. The van der Waals surface area contributed by atoms with Gasteiger partial charge in [0.05, 0.1) is 35.1 Å². The summed E-state index contributed by atoms with van der Waals surface area (Å²) in [6, 6.07) is 7.53. The molecule has 0 unspecified atom stereocenters. The summed E-state index contributed by atoms with van der Waals surface area (Å²) in [6.45, 7) is 4.47. The van der Waals surface area contributed by atoms with Crippen molar-refractivity contribution >= 4 is 44.4 Å². The molecule has 0 aliphatic carbocycles. The maximum Gasteiger partial charge on any atom is 0.407 e. The number of carboxylic acid groups (broad SMARTS) is 1. The van der Waals surface area contributed by atoms with E-state index in [4.69, 9.17) is 10.7 Å². The van der Waals surface area contributed by atoms with Gasteiger partial charge in [0.1, 0.15) is 11.3 Å². The lowest BCUT2D eigenvalue weighted by Crippen LogP contribution is -2.53. The average molecular weight is 463 g/mol. The summed E-state index contributed by atoms with van der Waals surface area (Å²) < 4.78 is 21.4. The van der Waals surface area contributed by atoms with Gasteiger partial charge in [-0.25, -0.2) is 14.8 Å². The minimum atomic E-state index is -2.58. The van der Waals surface area contributed by atoms with E-state index in [1.165, 1.54) is 4.90 Å². The molecule has 32 heavy (non-hydrogen) atoms. The molecule has 0 radical (unpaired) electrons. The predicted octanol–water partition coefficient (Wildman–Crippen LogP) is 3.17. The summed E-state index contributed by atoms with van der Waals surface area (Å²) in [5, 5.41) is 13.8. The van der Waals surface area contributed by atoms with Crippen molar-refractivity contribution in [3.63, 3.8) is 0 Å². The molecule has 11 heteroatoms. The van der Waals surface area contributed by atoms with Crippen LogP contribution in [0.15, 0.2) is 24.3 Å². The Labute approximate surface area is 187 Å². The minimum Gasteiger partial charge on any atom is -0.465 e. The molecule has 1 saturated heterocycles. The van der Waals surface area contributed by atoms with Crippen LogP contribution < -0.4 is 11.1 Å². The molecule has 1 aliphatic heterocycles. The van der Waals surface area contributed by atoms with Crippen LogP contribution in [0.3, 0.4) is 0 Å². The van der Waals surface area contributed by atoms with Crippen molar-refractivity contribution in [3.8, 4) is 0 Å². The highest BCUT2D eigenvalue weighted by atomic mass is 32.3. The Kier molecular flexibility index (Phi) is 6.42.